The van der Waals surface area contributed by atoms with Crippen LogP contribution in [0.5, 0.6) is 0 Å². The van der Waals surface area contributed by atoms with Gasteiger partial charge in [0.2, 0.25) is 5.91 Å². The van der Waals surface area contributed by atoms with Crippen LogP contribution in [0, 0.1) is 0 Å². The summed E-state index contributed by atoms with van der Waals surface area (Å²) in [5.74, 6) is 0.0449. The number of rotatable bonds is 5. The highest BCUT2D eigenvalue weighted by Crippen LogP contribution is 2.25. The molecule has 0 unspecified atom stereocenters. The van der Waals surface area contributed by atoms with Crippen molar-refractivity contribution >= 4 is 23.4 Å². The summed E-state index contributed by atoms with van der Waals surface area (Å²) in [7, 11) is 4.85. The summed E-state index contributed by atoms with van der Waals surface area (Å²) in [4.78, 5) is 27.4. The summed E-state index contributed by atoms with van der Waals surface area (Å²) in [5.41, 5.74) is 1.57. The van der Waals surface area contributed by atoms with Crippen molar-refractivity contribution in [1.82, 2.24) is 19.6 Å². The molecular weight excluding hydrogens is 368 g/mol. The second-order valence-corrected chi connectivity index (χ2v) is 6.67. The van der Waals surface area contributed by atoms with Crippen LogP contribution in [-0.2, 0) is 4.79 Å². The first-order chi connectivity index (χ1) is 12.9. The molecule has 0 aliphatic carbocycles. The number of amides is 2. The zero-order chi connectivity index (χ0) is 19.6. The smallest absolute Gasteiger partial charge is 0.274 e. The molecule has 140 valence electrons. The standard InChI is InChI=1S/C19H19ClN4O3/c1-22(2)18(25)12-23(3)19(26)15-11-16(17-5-4-10-27-17)24(21-15)14-8-6-13(20)7-9-14/h4-11H,12H2,1-3H3. The van der Waals surface area contributed by atoms with Gasteiger partial charge in [0.25, 0.3) is 5.91 Å². The maximum absolute atomic E-state index is 12.8. The molecule has 27 heavy (non-hydrogen) atoms. The Labute approximate surface area is 161 Å². The second-order valence-electron chi connectivity index (χ2n) is 6.23. The number of nitrogens with zero attached hydrogens (tertiary/aromatic N) is 4. The van der Waals surface area contributed by atoms with E-state index < -0.39 is 0 Å². The molecule has 3 rings (SSSR count). The van der Waals surface area contributed by atoms with Gasteiger partial charge >= 0.3 is 0 Å². The van der Waals surface area contributed by atoms with E-state index in [0.717, 1.165) is 5.69 Å². The van der Waals surface area contributed by atoms with Gasteiger partial charge in [0.05, 0.1) is 18.5 Å². The Kier molecular flexibility index (Phi) is 5.32. The van der Waals surface area contributed by atoms with Crippen LogP contribution in [-0.4, -0.2) is 59.1 Å². The molecule has 0 saturated heterocycles. The third-order valence-corrected chi connectivity index (χ3v) is 4.24. The highest BCUT2D eigenvalue weighted by atomic mass is 35.5. The Morgan fingerprint density at radius 2 is 1.85 bits per heavy atom. The Hall–Kier alpha value is -3.06. The third-order valence-electron chi connectivity index (χ3n) is 3.99. The van der Waals surface area contributed by atoms with Crippen molar-refractivity contribution in [1.29, 1.82) is 0 Å². The minimum atomic E-state index is -0.356. The average Bonchev–Trinajstić information content (AvgIpc) is 3.31. The van der Waals surface area contributed by atoms with E-state index in [1.807, 2.05) is 0 Å². The molecule has 2 amide bonds. The van der Waals surface area contributed by atoms with Crippen LogP contribution < -0.4 is 0 Å². The van der Waals surface area contributed by atoms with E-state index in [9.17, 15) is 9.59 Å². The van der Waals surface area contributed by atoms with Crippen molar-refractivity contribution < 1.29 is 14.0 Å². The maximum Gasteiger partial charge on any atom is 0.274 e. The van der Waals surface area contributed by atoms with Gasteiger partial charge in [0.15, 0.2) is 11.5 Å². The molecule has 0 bridgehead atoms. The van der Waals surface area contributed by atoms with Gasteiger partial charge in [0, 0.05) is 32.2 Å². The van der Waals surface area contributed by atoms with Gasteiger partial charge in [-0.15, -0.1) is 0 Å². The minimum absolute atomic E-state index is 0.0320. The molecular formula is C19H19ClN4O3. The first-order valence-electron chi connectivity index (χ1n) is 8.22. The number of carbonyl (C=O) groups is 2. The fourth-order valence-corrected chi connectivity index (χ4v) is 2.60. The summed E-state index contributed by atoms with van der Waals surface area (Å²) in [6, 6.07) is 12.3. The molecule has 0 saturated carbocycles. The van der Waals surface area contributed by atoms with Crippen molar-refractivity contribution in [3.8, 4) is 17.1 Å². The normalized spacial score (nSPS) is 10.7. The van der Waals surface area contributed by atoms with E-state index in [4.69, 9.17) is 16.0 Å². The quantitative estimate of drug-likeness (QED) is 0.675. The van der Waals surface area contributed by atoms with E-state index in [0.29, 0.717) is 16.5 Å². The number of hydrogen-bond acceptors (Lipinski definition) is 4. The van der Waals surface area contributed by atoms with Crippen LogP contribution in [0.4, 0.5) is 0 Å². The van der Waals surface area contributed by atoms with E-state index in [1.54, 1.807) is 74.6 Å². The monoisotopic (exact) mass is 386 g/mol. The number of benzene rings is 1. The lowest BCUT2D eigenvalue weighted by atomic mass is 10.2. The number of halogens is 1. The highest BCUT2D eigenvalue weighted by molar-refractivity contribution is 6.30. The topological polar surface area (TPSA) is 71.6 Å². The molecule has 0 spiro atoms. The maximum atomic E-state index is 12.8. The van der Waals surface area contributed by atoms with Crippen molar-refractivity contribution in [2.75, 3.05) is 27.7 Å². The van der Waals surface area contributed by atoms with Crippen LogP contribution in [0.3, 0.4) is 0 Å². The predicted molar refractivity (Wildman–Crippen MR) is 102 cm³/mol. The van der Waals surface area contributed by atoms with Gasteiger partial charge in [-0.25, -0.2) is 4.68 Å². The Bertz CT molecular complexity index is 946. The zero-order valence-electron chi connectivity index (χ0n) is 15.2. The van der Waals surface area contributed by atoms with Crippen molar-refractivity contribution in [2.24, 2.45) is 0 Å². The number of likely N-dealkylation sites (N-methyl/N-ethyl adjacent to an activating group) is 2. The van der Waals surface area contributed by atoms with Crippen molar-refractivity contribution in [2.45, 2.75) is 0 Å². The van der Waals surface area contributed by atoms with Gasteiger partial charge in [-0.3, -0.25) is 9.59 Å². The molecule has 0 atom stereocenters. The van der Waals surface area contributed by atoms with E-state index in [1.165, 1.54) is 9.80 Å². The minimum Gasteiger partial charge on any atom is -0.463 e. The van der Waals surface area contributed by atoms with Gasteiger partial charge in [-0.2, -0.15) is 5.10 Å². The van der Waals surface area contributed by atoms with Crippen LogP contribution in [0.25, 0.3) is 17.1 Å². The average molecular weight is 387 g/mol. The second kappa shape index (κ2) is 7.67. The fourth-order valence-electron chi connectivity index (χ4n) is 2.48. The Balaban J connectivity index is 1.97. The van der Waals surface area contributed by atoms with Crippen molar-refractivity contribution in [3.05, 3.63) is 59.4 Å². The molecule has 7 nitrogen and oxygen atoms in total. The number of carbonyl (C=O) groups excluding carboxylic acids is 2. The van der Waals surface area contributed by atoms with Crippen LogP contribution in [0.1, 0.15) is 10.5 Å². The highest BCUT2D eigenvalue weighted by Gasteiger charge is 2.22. The Morgan fingerprint density at radius 3 is 2.44 bits per heavy atom. The Morgan fingerprint density at radius 1 is 1.15 bits per heavy atom. The summed E-state index contributed by atoms with van der Waals surface area (Å²) < 4.78 is 7.10. The first-order valence-corrected chi connectivity index (χ1v) is 8.60. The van der Waals surface area contributed by atoms with Gasteiger partial charge in [-0.1, -0.05) is 11.6 Å². The van der Waals surface area contributed by atoms with Gasteiger partial charge in [0.1, 0.15) is 5.69 Å². The molecule has 0 radical (unpaired) electrons. The predicted octanol–water partition coefficient (Wildman–Crippen LogP) is 2.95. The molecule has 8 heteroatoms. The summed E-state index contributed by atoms with van der Waals surface area (Å²) in [5, 5.41) is 5.04. The summed E-state index contributed by atoms with van der Waals surface area (Å²) in [6.45, 7) is -0.0320. The summed E-state index contributed by atoms with van der Waals surface area (Å²) in [6.07, 6.45) is 1.55. The van der Waals surface area contributed by atoms with E-state index in [-0.39, 0.29) is 24.1 Å². The molecule has 0 N–H and O–H groups in total. The zero-order valence-corrected chi connectivity index (χ0v) is 16.0. The SMILES string of the molecule is CN(C)C(=O)CN(C)C(=O)c1cc(-c2ccco2)n(-c2ccc(Cl)cc2)n1. The molecule has 0 aliphatic rings. The van der Waals surface area contributed by atoms with Crippen molar-refractivity contribution in [3.63, 3.8) is 0 Å². The number of furan rings is 1. The fraction of sp³-hybridized carbons (Fsp3) is 0.211. The molecule has 3 aromatic rings. The molecule has 2 heterocycles. The third kappa shape index (κ3) is 4.03. The van der Waals surface area contributed by atoms with Gasteiger partial charge < -0.3 is 14.2 Å². The lowest BCUT2D eigenvalue weighted by Crippen LogP contribution is -2.37. The van der Waals surface area contributed by atoms with Gasteiger partial charge in [-0.05, 0) is 36.4 Å². The van der Waals surface area contributed by atoms with E-state index in [2.05, 4.69) is 5.10 Å². The molecule has 2 aromatic heterocycles. The molecule has 1 aromatic carbocycles. The largest absolute Gasteiger partial charge is 0.463 e. The van der Waals surface area contributed by atoms with Crippen LogP contribution >= 0.6 is 11.6 Å². The summed E-state index contributed by atoms with van der Waals surface area (Å²) >= 11 is 5.96. The van der Waals surface area contributed by atoms with Crippen LogP contribution in [0.2, 0.25) is 5.02 Å². The number of aromatic nitrogens is 2. The first kappa shape index (κ1) is 18.7. The van der Waals surface area contributed by atoms with E-state index >= 15 is 0 Å². The lowest BCUT2D eigenvalue weighted by molar-refractivity contribution is -0.129. The number of hydrogen-bond donors (Lipinski definition) is 0. The van der Waals surface area contributed by atoms with Crippen LogP contribution in [0.15, 0.2) is 53.1 Å². The molecule has 0 fully saturated rings. The lowest BCUT2D eigenvalue weighted by Gasteiger charge is -2.18. The molecule has 0 aliphatic heterocycles.